The minimum Gasteiger partial charge on any atom is -0.341 e. The molecule has 0 aromatic heterocycles. The van der Waals surface area contributed by atoms with Crippen molar-refractivity contribution in [1.29, 1.82) is 0 Å². The van der Waals surface area contributed by atoms with Crippen LogP contribution >= 0.6 is 0 Å². The Morgan fingerprint density at radius 3 is 2.55 bits per heavy atom. The molecule has 4 N–H and O–H groups in total. The third-order valence-electron chi connectivity index (χ3n) is 1.03. The number of urea groups is 1. The van der Waals surface area contributed by atoms with Gasteiger partial charge in [0.1, 0.15) is 0 Å². The van der Waals surface area contributed by atoms with E-state index in [-0.39, 0.29) is 0 Å². The molecule has 0 spiro atoms. The van der Waals surface area contributed by atoms with Gasteiger partial charge in [-0.05, 0) is 0 Å². The molecule has 0 aromatic carbocycles. The topological polar surface area (TPSA) is 67.2 Å². The first-order valence-corrected chi connectivity index (χ1v) is 3.05. The van der Waals surface area contributed by atoms with Gasteiger partial charge >= 0.3 is 6.03 Å². The molecular formula is C5H11F2N3O. The van der Waals surface area contributed by atoms with Crippen molar-refractivity contribution in [2.45, 2.75) is 5.92 Å². The van der Waals surface area contributed by atoms with E-state index in [1.54, 1.807) is 0 Å². The zero-order valence-electron chi connectivity index (χ0n) is 6.16. The molecule has 0 aliphatic heterocycles. The van der Waals surface area contributed by atoms with Gasteiger partial charge in [-0.25, -0.2) is 13.6 Å². The molecule has 0 bridgehead atoms. The number of carbonyl (C=O) groups excluding carboxylic acids is 1. The first kappa shape index (κ1) is 10.1. The third-order valence-corrected chi connectivity index (χ3v) is 1.03. The Hall–Kier alpha value is -0.910. The van der Waals surface area contributed by atoms with E-state index in [1.807, 2.05) is 5.32 Å². The molecule has 0 saturated heterocycles. The van der Waals surface area contributed by atoms with E-state index < -0.39 is 25.0 Å². The Morgan fingerprint density at radius 1 is 1.64 bits per heavy atom. The van der Waals surface area contributed by atoms with Crippen molar-refractivity contribution in [2.75, 3.05) is 20.1 Å². The van der Waals surface area contributed by atoms with Gasteiger partial charge in [-0.3, -0.25) is 0 Å². The maximum atomic E-state index is 12.3. The number of nitrogens with two attached hydrogens (primary N) is 1. The Morgan fingerprint density at radius 2 is 2.18 bits per heavy atom. The molecule has 0 rings (SSSR count). The molecule has 0 aromatic rings. The van der Waals surface area contributed by atoms with E-state index in [4.69, 9.17) is 5.73 Å². The minimum atomic E-state index is -3.02. The summed E-state index contributed by atoms with van der Waals surface area (Å²) >= 11 is 0. The van der Waals surface area contributed by atoms with Crippen LogP contribution in [0.4, 0.5) is 13.6 Å². The van der Waals surface area contributed by atoms with Crippen LogP contribution in [0.5, 0.6) is 0 Å². The SMILES string of the molecule is CNC(=O)NCC(F)(F)CN. The molecular weight excluding hydrogens is 156 g/mol. The lowest BCUT2D eigenvalue weighted by molar-refractivity contribution is 0.0144. The largest absolute Gasteiger partial charge is 0.341 e. The Labute approximate surface area is 63.1 Å². The van der Waals surface area contributed by atoms with E-state index in [9.17, 15) is 13.6 Å². The lowest BCUT2D eigenvalue weighted by Crippen LogP contribution is -2.44. The van der Waals surface area contributed by atoms with Crippen molar-refractivity contribution in [2.24, 2.45) is 5.73 Å². The quantitative estimate of drug-likeness (QED) is 0.531. The zero-order chi connectivity index (χ0) is 8.91. The maximum absolute atomic E-state index is 12.3. The van der Waals surface area contributed by atoms with Gasteiger partial charge < -0.3 is 16.4 Å². The highest BCUT2D eigenvalue weighted by Crippen LogP contribution is 2.07. The minimum absolute atomic E-state index is 0.641. The van der Waals surface area contributed by atoms with Gasteiger partial charge in [0.15, 0.2) is 0 Å². The van der Waals surface area contributed by atoms with E-state index in [0.717, 1.165) is 0 Å². The van der Waals surface area contributed by atoms with E-state index in [2.05, 4.69) is 5.32 Å². The molecule has 0 saturated carbocycles. The summed E-state index contributed by atoms with van der Waals surface area (Å²) in [5.74, 6) is -3.02. The van der Waals surface area contributed by atoms with Crippen LogP contribution in [0.3, 0.4) is 0 Å². The molecule has 11 heavy (non-hydrogen) atoms. The summed E-state index contributed by atoms with van der Waals surface area (Å²) in [5, 5.41) is 4.08. The smallest absolute Gasteiger partial charge is 0.314 e. The number of hydrogen-bond acceptors (Lipinski definition) is 2. The second-order valence-electron chi connectivity index (χ2n) is 1.99. The first-order chi connectivity index (χ1) is 5.02. The van der Waals surface area contributed by atoms with Crippen LogP contribution in [-0.4, -0.2) is 32.1 Å². The van der Waals surface area contributed by atoms with Crippen LogP contribution in [0.25, 0.3) is 0 Å². The first-order valence-electron chi connectivity index (χ1n) is 3.05. The standard InChI is InChI=1S/C5H11F2N3O/c1-9-4(11)10-3-5(6,7)2-8/h2-3,8H2,1H3,(H2,9,10,11). The third kappa shape index (κ3) is 4.49. The average Bonchev–Trinajstić information content (AvgIpc) is 2.00. The van der Waals surface area contributed by atoms with Crippen molar-refractivity contribution < 1.29 is 13.6 Å². The monoisotopic (exact) mass is 167 g/mol. The molecule has 66 valence electrons. The number of halogens is 2. The highest BCUT2D eigenvalue weighted by Gasteiger charge is 2.26. The Balaban J connectivity index is 3.61. The normalized spacial score (nSPS) is 10.9. The summed E-state index contributed by atoms with van der Waals surface area (Å²) in [6.07, 6.45) is 0. The summed E-state index contributed by atoms with van der Waals surface area (Å²) in [4.78, 5) is 10.4. The average molecular weight is 167 g/mol. The van der Waals surface area contributed by atoms with Gasteiger partial charge in [0, 0.05) is 7.05 Å². The lowest BCUT2D eigenvalue weighted by atomic mass is 10.3. The van der Waals surface area contributed by atoms with Crippen molar-refractivity contribution in [1.82, 2.24) is 10.6 Å². The molecule has 0 aliphatic rings. The summed E-state index contributed by atoms with van der Waals surface area (Å²) < 4.78 is 24.6. The van der Waals surface area contributed by atoms with Crippen LogP contribution in [0.1, 0.15) is 0 Å². The number of nitrogens with one attached hydrogen (secondary N) is 2. The van der Waals surface area contributed by atoms with Crippen LogP contribution in [0.15, 0.2) is 0 Å². The number of carbonyl (C=O) groups is 1. The van der Waals surface area contributed by atoms with Gasteiger partial charge in [-0.2, -0.15) is 0 Å². The fourth-order valence-corrected chi connectivity index (χ4v) is 0.370. The van der Waals surface area contributed by atoms with Crippen molar-refractivity contribution in [3.63, 3.8) is 0 Å². The molecule has 6 heteroatoms. The maximum Gasteiger partial charge on any atom is 0.314 e. The number of alkyl halides is 2. The van der Waals surface area contributed by atoms with Crippen LogP contribution in [0.2, 0.25) is 0 Å². The lowest BCUT2D eigenvalue weighted by Gasteiger charge is -2.13. The zero-order valence-corrected chi connectivity index (χ0v) is 6.16. The fraction of sp³-hybridized carbons (Fsp3) is 0.800. The second kappa shape index (κ2) is 4.07. The van der Waals surface area contributed by atoms with Gasteiger partial charge in [-0.15, -0.1) is 0 Å². The van der Waals surface area contributed by atoms with Crippen molar-refractivity contribution in [3.8, 4) is 0 Å². The number of hydrogen-bond donors (Lipinski definition) is 3. The predicted octanol–water partition coefficient (Wildman–Crippen LogP) is -0.491. The van der Waals surface area contributed by atoms with Gasteiger partial charge in [0.05, 0.1) is 13.1 Å². The Bertz CT molecular complexity index is 140. The van der Waals surface area contributed by atoms with E-state index in [0.29, 0.717) is 0 Å². The molecule has 0 fully saturated rings. The Kier molecular flexibility index (Phi) is 3.73. The van der Waals surface area contributed by atoms with Crippen molar-refractivity contribution >= 4 is 6.03 Å². The molecule has 0 aliphatic carbocycles. The summed E-state index contributed by atoms with van der Waals surface area (Å²) in [6, 6.07) is -0.641. The number of rotatable bonds is 3. The summed E-state index contributed by atoms with van der Waals surface area (Å²) in [6.45, 7) is -1.50. The van der Waals surface area contributed by atoms with E-state index in [1.165, 1.54) is 7.05 Å². The summed E-state index contributed by atoms with van der Waals surface area (Å²) in [7, 11) is 1.34. The van der Waals surface area contributed by atoms with Crippen molar-refractivity contribution in [3.05, 3.63) is 0 Å². The second-order valence-corrected chi connectivity index (χ2v) is 1.99. The van der Waals surface area contributed by atoms with Gasteiger partial charge in [0.25, 0.3) is 5.92 Å². The molecule has 4 nitrogen and oxygen atoms in total. The molecule has 0 atom stereocenters. The summed E-state index contributed by atoms with van der Waals surface area (Å²) in [5.41, 5.74) is 4.71. The molecule has 0 unspecified atom stereocenters. The molecule has 2 amide bonds. The van der Waals surface area contributed by atoms with Gasteiger partial charge in [0.2, 0.25) is 0 Å². The van der Waals surface area contributed by atoms with E-state index >= 15 is 0 Å². The fourth-order valence-electron chi connectivity index (χ4n) is 0.370. The molecule has 0 heterocycles. The van der Waals surface area contributed by atoms with Crippen LogP contribution in [-0.2, 0) is 0 Å². The predicted molar refractivity (Wildman–Crippen MR) is 36.5 cm³/mol. The van der Waals surface area contributed by atoms with Gasteiger partial charge in [-0.1, -0.05) is 0 Å². The van der Waals surface area contributed by atoms with Crippen LogP contribution in [0, 0.1) is 0 Å². The highest BCUT2D eigenvalue weighted by atomic mass is 19.3. The number of amides is 2. The molecule has 0 radical (unpaired) electrons. The van der Waals surface area contributed by atoms with Crippen LogP contribution < -0.4 is 16.4 Å². The highest BCUT2D eigenvalue weighted by molar-refractivity contribution is 5.73.